The lowest BCUT2D eigenvalue weighted by Crippen LogP contribution is -2.32. The standard InChI is InChI=1S/C11H16N2OS/c1-9-3-2-5-13(6-4-9)11(14)10-7-15-8-12-10/h7-9H,2-6H2,1H3/t9-/m1/s1. The number of aromatic nitrogens is 1. The van der Waals surface area contributed by atoms with E-state index in [1.165, 1.54) is 17.8 Å². The van der Waals surface area contributed by atoms with E-state index in [0.29, 0.717) is 5.69 Å². The molecule has 1 atom stereocenters. The fraction of sp³-hybridized carbons (Fsp3) is 0.636. The molecule has 1 aliphatic rings. The third-order valence-corrected chi connectivity index (χ3v) is 3.54. The van der Waals surface area contributed by atoms with Gasteiger partial charge in [-0.1, -0.05) is 6.92 Å². The summed E-state index contributed by atoms with van der Waals surface area (Å²) in [6.45, 7) is 4.04. The summed E-state index contributed by atoms with van der Waals surface area (Å²) in [5, 5.41) is 1.83. The molecule has 2 rings (SSSR count). The summed E-state index contributed by atoms with van der Waals surface area (Å²) < 4.78 is 0. The third-order valence-electron chi connectivity index (χ3n) is 2.96. The van der Waals surface area contributed by atoms with Crippen molar-refractivity contribution in [3.05, 3.63) is 16.6 Å². The second-order valence-electron chi connectivity index (χ2n) is 4.20. The second kappa shape index (κ2) is 4.75. The molecule has 0 radical (unpaired) electrons. The Bertz CT molecular complexity index is 323. The fourth-order valence-electron chi connectivity index (χ4n) is 1.95. The Kier molecular flexibility index (Phi) is 3.36. The number of amides is 1. The maximum Gasteiger partial charge on any atom is 0.273 e. The van der Waals surface area contributed by atoms with Gasteiger partial charge in [0.1, 0.15) is 5.69 Å². The van der Waals surface area contributed by atoms with Crippen molar-refractivity contribution in [3.63, 3.8) is 0 Å². The van der Waals surface area contributed by atoms with Crippen molar-refractivity contribution in [1.82, 2.24) is 9.88 Å². The number of nitrogens with zero attached hydrogens (tertiary/aromatic N) is 2. The zero-order chi connectivity index (χ0) is 10.7. The van der Waals surface area contributed by atoms with Crippen LogP contribution in [0.15, 0.2) is 10.9 Å². The highest BCUT2D eigenvalue weighted by molar-refractivity contribution is 7.07. The molecule has 1 aromatic heterocycles. The number of carbonyl (C=O) groups is 1. The molecule has 4 heteroatoms. The van der Waals surface area contributed by atoms with E-state index in [9.17, 15) is 4.79 Å². The van der Waals surface area contributed by atoms with Gasteiger partial charge in [-0.25, -0.2) is 4.98 Å². The van der Waals surface area contributed by atoms with Crippen LogP contribution in [0.1, 0.15) is 36.7 Å². The summed E-state index contributed by atoms with van der Waals surface area (Å²) >= 11 is 1.48. The van der Waals surface area contributed by atoms with Gasteiger partial charge >= 0.3 is 0 Å². The highest BCUT2D eigenvalue weighted by Gasteiger charge is 2.20. The average Bonchev–Trinajstić information content (AvgIpc) is 2.67. The number of carbonyl (C=O) groups excluding carboxylic acids is 1. The number of hydrogen-bond donors (Lipinski definition) is 0. The molecule has 82 valence electrons. The van der Waals surface area contributed by atoms with Gasteiger partial charge in [-0.15, -0.1) is 11.3 Å². The molecule has 0 aliphatic carbocycles. The van der Waals surface area contributed by atoms with E-state index < -0.39 is 0 Å². The smallest absolute Gasteiger partial charge is 0.273 e. The van der Waals surface area contributed by atoms with Gasteiger partial charge in [0.2, 0.25) is 0 Å². The summed E-state index contributed by atoms with van der Waals surface area (Å²) in [4.78, 5) is 18.0. The zero-order valence-corrected chi connectivity index (χ0v) is 9.80. The molecule has 15 heavy (non-hydrogen) atoms. The first-order valence-corrected chi connectivity index (χ1v) is 6.39. The molecule has 2 heterocycles. The summed E-state index contributed by atoms with van der Waals surface area (Å²) in [5.41, 5.74) is 2.32. The van der Waals surface area contributed by atoms with Gasteiger partial charge in [0.15, 0.2) is 0 Å². The quantitative estimate of drug-likeness (QED) is 0.734. The first kappa shape index (κ1) is 10.6. The van der Waals surface area contributed by atoms with Gasteiger partial charge in [0.05, 0.1) is 5.51 Å². The van der Waals surface area contributed by atoms with Crippen LogP contribution in [0.4, 0.5) is 0 Å². The van der Waals surface area contributed by atoms with Crippen LogP contribution < -0.4 is 0 Å². The molecule has 1 amide bonds. The Balaban J connectivity index is 2.01. The third kappa shape index (κ3) is 2.56. The van der Waals surface area contributed by atoms with Crippen LogP contribution in [0, 0.1) is 5.92 Å². The lowest BCUT2D eigenvalue weighted by Gasteiger charge is -2.19. The van der Waals surface area contributed by atoms with Crippen molar-refractivity contribution in [1.29, 1.82) is 0 Å². The summed E-state index contributed by atoms with van der Waals surface area (Å²) in [6.07, 6.45) is 3.48. The molecule has 3 nitrogen and oxygen atoms in total. The number of hydrogen-bond acceptors (Lipinski definition) is 3. The molecule has 0 aromatic carbocycles. The lowest BCUT2D eigenvalue weighted by molar-refractivity contribution is 0.0755. The highest BCUT2D eigenvalue weighted by atomic mass is 32.1. The molecule has 0 unspecified atom stereocenters. The van der Waals surface area contributed by atoms with Crippen LogP contribution in [0.3, 0.4) is 0 Å². The summed E-state index contributed by atoms with van der Waals surface area (Å²) in [7, 11) is 0. The van der Waals surface area contributed by atoms with Crippen LogP contribution in [0.2, 0.25) is 0 Å². The van der Waals surface area contributed by atoms with Gasteiger partial charge < -0.3 is 4.90 Å². The first-order valence-electron chi connectivity index (χ1n) is 5.45. The molecule has 1 fully saturated rings. The van der Waals surface area contributed by atoms with Crippen LogP contribution in [0.5, 0.6) is 0 Å². The molecule has 0 saturated carbocycles. The zero-order valence-electron chi connectivity index (χ0n) is 8.98. The van der Waals surface area contributed by atoms with Gasteiger partial charge in [0, 0.05) is 18.5 Å². The van der Waals surface area contributed by atoms with E-state index in [1.807, 2.05) is 10.3 Å². The number of thiazole rings is 1. The van der Waals surface area contributed by atoms with Gasteiger partial charge in [-0.3, -0.25) is 4.79 Å². The van der Waals surface area contributed by atoms with Crippen LogP contribution in [-0.2, 0) is 0 Å². The fourth-order valence-corrected chi connectivity index (χ4v) is 2.47. The predicted molar refractivity (Wildman–Crippen MR) is 61.0 cm³/mol. The molecular formula is C11H16N2OS. The summed E-state index contributed by atoms with van der Waals surface area (Å²) in [5.74, 6) is 0.851. The minimum absolute atomic E-state index is 0.102. The van der Waals surface area contributed by atoms with E-state index in [-0.39, 0.29) is 5.91 Å². The van der Waals surface area contributed by atoms with E-state index >= 15 is 0 Å². The Morgan fingerprint density at radius 3 is 3.13 bits per heavy atom. The minimum atomic E-state index is 0.102. The van der Waals surface area contributed by atoms with Crippen molar-refractivity contribution in [2.24, 2.45) is 5.92 Å². The number of likely N-dealkylation sites (tertiary alicyclic amines) is 1. The highest BCUT2D eigenvalue weighted by Crippen LogP contribution is 2.18. The van der Waals surface area contributed by atoms with Crippen LogP contribution in [-0.4, -0.2) is 28.9 Å². The monoisotopic (exact) mass is 224 g/mol. The van der Waals surface area contributed by atoms with E-state index in [1.54, 1.807) is 5.51 Å². The van der Waals surface area contributed by atoms with Crippen molar-refractivity contribution < 1.29 is 4.79 Å². The average molecular weight is 224 g/mol. The Morgan fingerprint density at radius 1 is 1.53 bits per heavy atom. The van der Waals surface area contributed by atoms with Crippen molar-refractivity contribution in [3.8, 4) is 0 Å². The molecule has 1 saturated heterocycles. The topological polar surface area (TPSA) is 33.2 Å². The minimum Gasteiger partial charge on any atom is -0.337 e. The molecule has 1 aliphatic heterocycles. The maximum atomic E-state index is 12.0. The van der Waals surface area contributed by atoms with E-state index in [0.717, 1.165) is 31.8 Å². The molecular weight excluding hydrogens is 208 g/mol. The molecule has 1 aromatic rings. The van der Waals surface area contributed by atoms with Crippen molar-refractivity contribution >= 4 is 17.2 Å². The van der Waals surface area contributed by atoms with Gasteiger partial charge in [-0.05, 0) is 25.2 Å². The van der Waals surface area contributed by atoms with E-state index in [4.69, 9.17) is 0 Å². The van der Waals surface area contributed by atoms with Crippen molar-refractivity contribution in [2.75, 3.05) is 13.1 Å². The normalized spacial score (nSPS) is 22.5. The first-order chi connectivity index (χ1) is 7.27. The van der Waals surface area contributed by atoms with Crippen molar-refractivity contribution in [2.45, 2.75) is 26.2 Å². The second-order valence-corrected chi connectivity index (χ2v) is 4.92. The largest absolute Gasteiger partial charge is 0.337 e. The SMILES string of the molecule is C[C@@H]1CCCN(C(=O)c2cscn2)CC1. The predicted octanol–water partition coefficient (Wildman–Crippen LogP) is 2.41. The Labute approximate surface area is 94.1 Å². The molecule has 0 N–H and O–H groups in total. The molecule has 0 bridgehead atoms. The number of rotatable bonds is 1. The molecule has 0 spiro atoms. The van der Waals surface area contributed by atoms with Crippen LogP contribution >= 0.6 is 11.3 Å². The van der Waals surface area contributed by atoms with Crippen LogP contribution in [0.25, 0.3) is 0 Å². The van der Waals surface area contributed by atoms with Gasteiger partial charge in [0.25, 0.3) is 5.91 Å². The summed E-state index contributed by atoms with van der Waals surface area (Å²) in [6, 6.07) is 0. The Morgan fingerprint density at radius 2 is 2.40 bits per heavy atom. The van der Waals surface area contributed by atoms with Gasteiger partial charge in [-0.2, -0.15) is 0 Å². The maximum absolute atomic E-state index is 12.0. The lowest BCUT2D eigenvalue weighted by atomic mass is 10.0. The Hall–Kier alpha value is -0.900. The van der Waals surface area contributed by atoms with E-state index in [2.05, 4.69) is 11.9 Å².